The molecule has 1 fully saturated rings. The van der Waals surface area contributed by atoms with Gasteiger partial charge in [-0.1, -0.05) is 77.3 Å². The van der Waals surface area contributed by atoms with Crippen molar-refractivity contribution in [3.8, 4) is 0 Å². The lowest BCUT2D eigenvalue weighted by Crippen LogP contribution is -2.30. The number of benzene rings is 2. The van der Waals surface area contributed by atoms with Gasteiger partial charge in [0, 0.05) is 10.6 Å². The SMILES string of the molecule is CCc1cc(C2(CCc3ccc(CO)c(CO)c3)CCCCC2)ccc1SCC(O)C(C)(C)C. The van der Waals surface area contributed by atoms with Gasteiger partial charge in [0.1, 0.15) is 0 Å². The molecule has 3 nitrogen and oxygen atoms in total. The fourth-order valence-corrected chi connectivity index (χ4v) is 6.57. The van der Waals surface area contributed by atoms with E-state index in [1.807, 2.05) is 6.07 Å². The Kier molecular flexibility index (Phi) is 9.68. The summed E-state index contributed by atoms with van der Waals surface area (Å²) in [5.74, 6) is 0.720. The molecule has 0 radical (unpaired) electrons. The number of hydrogen-bond acceptors (Lipinski definition) is 4. The highest BCUT2D eigenvalue weighted by atomic mass is 32.2. The van der Waals surface area contributed by atoms with Gasteiger partial charge in [0.25, 0.3) is 0 Å². The van der Waals surface area contributed by atoms with Crippen LogP contribution in [0.2, 0.25) is 0 Å². The van der Waals surface area contributed by atoms with Gasteiger partial charge in [0.2, 0.25) is 0 Å². The minimum Gasteiger partial charge on any atom is -0.392 e. The number of rotatable bonds is 10. The topological polar surface area (TPSA) is 60.7 Å². The summed E-state index contributed by atoms with van der Waals surface area (Å²) in [7, 11) is 0. The second kappa shape index (κ2) is 12.1. The third kappa shape index (κ3) is 6.66. The highest BCUT2D eigenvalue weighted by molar-refractivity contribution is 7.99. The van der Waals surface area contributed by atoms with Crippen molar-refractivity contribution in [3.05, 3.63) is 64.2 Å². The third-order valence-electron chi connectivity index (χ3n) is 7.76. The molecule has 34 heavy (non-hydrogen) atoms. The first-order valence-corrected chi connectivity index (χ1v) is 14.0. The summed E-state index contributed by atoms with van der Waals surface area (Å²) in [6.07, 6.45) is 9.10. The molecule has 1 aliphatic rings. The van der Waals surface area contributed by atoms with Crippen LogP contribution in [0.1, 0.15) is 94.0 Å². The molecule has 1 unspecified atom stereocenters. The number of aryl methyl sites for hydroxylation is 2. The Bertz CT molecular complexity index is 925. The number of thioether (sulfide) groups is 1. The second-order valence-corrected chi connectivity index (χ2v) is 12.2. The monoisotopic (exact) mass is 484 g/mol. The van der Waals surface area contributed by atoms with E-state index in [0.717, 1.165) is 36.1 Å². The maximum Gasteiger partial charge on any atom is 0.0685 e. The summed E-state index contributed by atoms with van der Waals surface area (Å²) in [6.45, 7) is 8.45. The van der Waals surface area contributed by atoms with Gasteiger partial charge in [-0.15, -0.1) is 11.8 Å². The predicted octanol–water partition coefficient (Wildman–Crippen LogP) is 6.57. The van der Waals surface area contributed by atoms with E-state index in [1.165, 1.54) is 53.7 Å². The van der Waals surface area contributed by atoms with Crippen molar-refractivity contribution in [1.82, 2.24) is 0 Å². The molecule has 2 aromatic carbocycles. The normalized spacial score (nSPS) is 17.0. The summed E-state index contributed by atoms with van der Waals surface area (Å²) in [5, 5.41) is 29.7. The van der Waals surface area contributed by atoms with Crippen LogP contribution in [0.25, 0.3) is 0 Å². The third-order valence-corrected chi connectivity index (χ3v) is 8.96. The minimum absolute atomic E-state index is 0.0300. The Labute approximate surface area is 211 Å². The molecule has 1 saturated carbocycles. The lowest BCUT2D eigenvalue weighted by molar-refractivity contribution is 0.0843. The van der Waals surface area contributed by atoms with Crippen LogP contribution >= 0.6 is 11.8 Å². The van der Waals surface area contributed by atoms with Crippen molar-refractivity contribution >= 4 is 11.8 Å². The molecule has 0 amide bonds. The van der Waals surface area contributed by atoms with Crippen LogP contribution in [0.15, 0.2) is 41.3 Å². The number of aliphatic hydroxyl groups excluding tert-OH is 3. The summed E-state index contributed by atoms with van der Waals surface area (Å²) >= 11 is 1.78. The predicted molar refractivity (Wildman–Crippen MR) is 143 cm³/mol. The number of hydrogen-bond donors (Lipinski definition) is 3. The van der Waals surface area contributed by atoms with E-state index in [2.05, 4.69) is 58.0 Å². The average Bonchev–Trinajstić information content (AvgIpc) is 2.85. The fraction of sp³-hybridized carbons (Fsp3) is 0.600. The molecule has 188 valence electrons. The molecule has 0 aromatic heterocycles. The highest BCUT2D eigenvalue weighted by Gasteiger charge is 2.34. The van der Waals surface area contributed by atoms with Gasteiger partial charge in [0.05, 0.1) is 19.3 Å². The summed E-state index contributed by atoms with van der Waals surface area (Å²) in [4.78, 5) is 1.30. The molecule has 2 aromatic rings. The van der Waals surface area contributed by atoms with Crippen molar-refractivity contribution in [3.63, 3.8) is 0 Å². The van der Waals surface area contributed by atoms with Crippen LogP contribution in [0.5, 0.6) is 0 Å². The van der Waals surface area contributed by atoms with E-state index >= 15 is 0 Å². The molecule has 0 bridgehead atoms. The van der Waals surface area contributed by atoms with Crippen molar-refractivity contribution in [2.75, 3.05) is 5.75 Å². The molecule has 3 N–H and O–H groups in total. The summed E-state index contributed by atoms with van der Waals surface area (Å²) < 4.78 is 0. The molecular weight excluding hydrogens is 440 g/mol. The van der Waals surface area contributed by atoms with Gasteiger partial charge >= 0.3 is 0 Å². The van der Waals surface area contributed by atoms with Gasteiger partial charge in [-0.05, 0) is 76.8 Å². The standard InChI is InChI=1S/C30H44O3S/c1-5-23-18-26(11-12-27(23)34-21-28(33)29(2,3)4)30(14-7-6-8-15-30)16-13-22-9-10-24(19-31)25(17-22)20-32/h9-12,17-18,28,31-33H,5-8,13-16,19-21H2,1-4H3. The zero-order chi connectivity index (χ0) is 24.8. The van der Waals surface area contributed by atoms with Crippen molar-refractivity contribution < 1.29 is 15.3 Å². The summed E-state index contributed by atoms with van der Waals surface area (Å²) in [5.41, 5.74) is 5.86. The molecule has 4 heteroatoms. The van der Waals surface area contributed by atoms with E-state index in [0.29, 0.717) is 0 Å². The van der Waals surface area contributed by atoms with Crippen LogP contribution in [0.3, 0.4) is 0 Å². The van der Waals surface area contributed by atoms with Gasteiger partial charge in [-0.2, -0.15) is 0 Å². The van der Waals surface area contributed by atoms with Crippen LogP contribution < -0.4 is 0 Å². The Morgan fingerprint density at radius 1 is 0.912 bits per heavy atom. The maximum atomic E-state index is 10.5. The largest absolute Gasteiger partial charge is 0.392 e. The summed E-state index contributed by atoms with van der Waals surface area (Å²) in [6, 6.07) is 13.2. The van der Waals surface area contributed by atoms with Crippen molar-refractivity contribution in [2.24, 2.45) is 5.41 Å². The molecule has 0 spiro atoms. The highest BCUT2D eigenvalue weighted by Crippen LogP contribution is 2.44. The van der Waals surface area contributed by atoms with Crippen LogP contribution in [0, 0.1) is 5.41 Å². The van der Waals surface area contributed by atoms with Gasteiger partial charge in [0.15, 0.2) is 0 Å². The van der Waals surface area contributed by atoms with E-state index in [4.69, 9.17) is 0 Å². The smallest absolute Gasteiger partial charge is 0.0685 e. The molecule has 1 aliphatic carbocycles. The minimum atomic E-state index is -0.326. The molecular formula is C30H44O3S. The van der Waals surface area contributed by atoms with Gasteiger partial charge < -0.3 is 15.3 Å². The molecule has 0 aliphatic heterocycles. The molecule has 0 heterocycles. The van der Waals surface area contributed by atoms with E-state index in [9.17, 15) is 15.3 Å². The van der Waals surface area contributed by atoms with Gasteiger partial charge in [-0.3, -0.25) is 0 Å². The average molecular weight is 485 g/mol. The van der Waals surface area contributed by atoms with Crippen molar-refractivity contribution in [2.45, 2.75) is 109 Å². The van der Waals surface area contributed by atoms with E-state index < -0.39 is 0 Å². The molecule has 0 saturated heterocycles. The van der Waals surface area contributed by atoms with E-state index in [-0.39, 0.29) is 30.1 Å². The Morgan fingerprint density at radius 3 is 2.24 bits per heavy atom. The molecule has 1 atom stereocenters. The quantitative estimate of drug-likeness (QED) is 0.334. The maximum absolute atomic E-state index is 10.5. The van der Waals surface area contributed by atoms with Gasteiger partial charge in [-0.25, -0.2) is 0 Å². The molecule has 3 rings (SSSR count). The zero-order valence-corrected chi connectivity index (χ0v) is 22.4. The van der Waals surface area contributed by atoms with Crippen molar-refractivity contribution in [1.29, 1.82) is 0 Å². The second-order valence-electron chi connectivity index (χ2n) is 11.1. The number of aliphatic hydroxyl groups is 3. The Hall–Kier alpha value is -1.33. The van der Waals surface area contributed by atoms with Crippen LogP contribution in [-0.4, -0.2) is 27.2 Å². The fourth-order valence-electron chi connectivity index (χ4n) is 5.18. The zero-order valence-electron chi connectivity index (χ0n) is 21.6. The van der Waals surface area contributed by atoms with E-state index in [1.54, 1.807) is 11.8 Å². The van der Waals surface area contributed by atoms with Crippen LogP contribution in [0.4, 0.5) is 0 Å². The Balaban J connectivity index is 1.81. The lowest BCUT2D eigenvalue weighted by atomic mass is 9.66. The first kappa shape index (κ1) is 27.3. The first-order chi connectivity index (χ1) is 16.2. The Morgan fingerprint density at radius 2 is 1.62 bits per heavy atom. The lowest BCUT2D eigenvalue weighted by Gasteiger charge is -2.39. The van der Waals surface area contributed by atoms with Crippen LogP contribution in [-0.2, 0) is 31.5 Å². The first-order valence-electron chi connectivity index (χ1n) is 13.0.